The maximum atomic E-state index is 12.3. The summed E-state index contributed by atoms with van der Waals surface area (Å²) in [4.78, 5) is 10.8. The number of hydrogen-bond acceptors (Lipinski definition) is 2. The van der Waals surface area contributed by atoms with Gasteiger partial charge in [-0.2, -0.15) is 13.2 Å². The standard InChI is InChI=1S/C11H9F3O3/c1-17-6-9(10(15)16)7-2-4-8(5-3-7)11(12,13)14/h2-6H,1H3,(H,15,16). The molecular weight excluding hydrogens is 237 g/mol. The van der Waals surface area contributed by atoms with E-state index in [9.17, 15) is 18.0 Å². The summed E-state index contributed by atoms with van der Waals surface area (Å²) in [5, 5.41) is 8.82. The molecule has 0 spiro atoms. The molecule has 0 saturated heterocycles. The Morgan fingerprint density at radius 1 is 1.29 bits per heavy atom. The second-order valence-electron chi connectivity index (χ2n) is 3.15. The van der Waals surface area contributed by atoms with Gasteiger partial charge in [-0.05, 0) is 17.7 Å². The quantitative estimate of drug-likeness (QED) is 0.659. The molecule has 0 heterocycles. The third-order valence-electron chi connectivity index (χ3n) is 1.99. The van der Waals surface area contributed by atoms with Crippen LogP contribution < -0.4 is 0 Å². The highest BCUT2D eigenvalue weighted by molar-refractivity contribution is 6.15. The minimum absolute atomic E-state index is 0.146. The lowest BCUT2D eigenvalue weighted by atomic mass is 10.1. The van der Waals surface area contributed by atoms with Crippen molar-refractivity contribution in [2.24, 2.45) is 0 Å². The van der Waals surface area contributed by atoms with Crippen LogP contribution in [0.3, 0.4) is 0 Å². The second-order valence-corrected chi connectivity index (χ2v) is 3.15. The molecule has 0 fully saturated rings. The maximum Gasteiger partial charge on any atom is 0.416 e. The van der Waals surface area contributed by atoms with E-state index in [0.29, 0.717) is 0 Å². The minimum atomic E-state index is -4.44. The van der Waals surface area contributed by atoms with Crippen molar-refractivity contribution in [3.05, 3.63) is 41.7 Å². The number of rotatable bonds is 3. The van der Waals surface area contributed by atoms with Gasteiger partial charge in [-0.3, -0.25) is 0 Å². The Balaban J connectivity index is 3.09. The van der Waals surface area contributed by atoms with Gasteiger partial charge >= 0.3 is 12.1 Å². The van der Waals surface area contributed by atoms with Gasteiger partial charge in [-0.15, -0.1) is 0 Å². The molecule has 0 radical (unpaired) electrons. The summed E-state index contributed by atoms with van der Waals surface area (Å²) in [6.07, 6.45) is -3.47. The predicted octanol–water partition coefficient (Wildman–Crippen LogP) is 2.78. The van der Waals surface area contributed by atoms with Gasteiger partial charge in [-0.1, -0.05) is 12.1 Å². The highest BCUT2D eigenvalue weighted by Crippen LogP contribution is 2.30. The molecule has 0 unspecified atom stereocenters. The van der Waals surface area contributed by atoms with E-state index in [4.69, 9.17) is 5.11 Å². The Bertz CT molecular complexity index is 432. The Kier molecular flexibility index (Phi) is 3.77. The Labute approximate surface area is 95.1 Å². The first kappa shape index (κ1) is 13.1. The van der Waals surface area contributed by atoms with Crippen molar-refractivity contribution < 1.29 is 27.8 Å². The summed E-state index contributed by atoms with van der Waals surface area (Å²) in [7, 11) is 1.26. The van der Waals surface area contributed by atoms with E-state index < -0.39 is 17.7 Å². The molecular formula is C11H9F3O3. The number of carboxylic acid groups (broad SMARTS) is 1. The summed E-state index contributed by atoms with van der Waals surface area (Å²) in [6.45, 7) is 0. The van der Waals surface area contributed by atoms with Crippen molar-refractivity contribution in [1.29, 1.82) is 0 Å². The molecule has 1 aromatic carbocycles. The van der Waals surface area contributed by atoms with E-state index in [1.807, 2.05) is 0 Å². The summed E-state index contributed by atoms with van der Waals surface area (Å²) >= 11 is 0. The van der Waals surface area contributed by atoms with Crippen LogP contribution in [-0.2, 0) is 15.7 Å². The number of methoxy groups -OCH3 is 1. The van der Waals surface area contributed by atoms with Crippen molar-refractivity contribution >= 4 is 11.5 Å². The normalized spacial score (nSPS) is 12.4. The fourth-order valence-corrected chi connectivity index (χ4v) is 1.20. The number of hydrogen-bond donors (Lipinski definition) is 1. The second kappa shape index (κ2) is 4.90. The van der Waals surface area contributed by atoms with Gasteiger partial charge in [0.1, 0.15) is 5.57 Å². The Morgan fingerprint density at radius 2 is 1.82 bits per heavy atom. The first-order chi connectivity index (χ1) is 7.86. The van der Waals surface area contributed by atoms with Crippen LogP contribution in [0.15, 0.2) is 30.5 Å². The van der Waals surface area contributed by atoms with Crippen LogP contribution >= 0.6 is 0 Å². The average molecular weight is 246 g/mol. The van der Waals surface area contributed by atoms with Gasteiger partial charge in [0.25, 0.3) is 0 Å². The van der Waals surface area contributed by atoms with Crippen molar-refractivity contribution in [2.75, 3.05) is 7.11 Å². The molecule has 6 heteroatoms. The number of alkyl halides is 3. The van der Waals surface area contributed by atoms with Crippen molar-refractivity contribution in [2.45, 2.75) is 6.18 Å². The van der Waals surface area contributed by atoms with Gasteiger partial charge in [0, 0.05) is 0 Å². The minimum Gasteiger partial charge on any atom is -0.503 e. The molecule has 1 N–H and O–H groups in total. The third kappa shape index (κ3) is 3.24. The van der Waals surface area contributed by atoms with Crippen LogP contribution in [0.25, 0.3) is 5.57 Å². The predicted molar refractivity (Wildman–Crippen MR) is 54.1 cm³/mol. The van der Waals surface area contributed by atoms with Gasteiger partial charge in [0.2, 0.25) is 0 Å². The molecule has 1 rings (SSSR count). The molecule has 0 bridgehead atoms. The largest absolute Gasteiger partial charge is 0.503 e. The van der Waals surface area contributed by atoms with Gasteiger partial charge < -0.3 is 9.84 Å². The van der Waals surface area contributed by atoms with Crippen molar-refractivity contribution in [1.82, 2.24) is 0 Å². The Hall–Kier alpha value is -1.98. The molecule has 1 aromatic rings. The molecule has 0 atom stereocenters. The molecule has 0 aliphatic heterocycles. The number of benzene rings is 1. The lowest BCUT2D eigenvalue weighted by molar-refractivity contribution is -0.137. The first-order valence-electron chi connectivity index (χ1n) is 4.50. The number of halogens is 3. The van der Waals surface area contributed by atoms with E-state index >= 15 is 0 Å². The zero-order valence-electron chi connectivity index (χ0n) is 8.78. The van der Waals surface area contributed by atoms with Crippen LogP contribution in [0.4, 0.5) is 13.2 Å². The van der Waals surface area contributed by atoms with Gasteiger partial charge in [0.05, 0.1) is 18.9 Å². The number of carbonyl (C=O) groups is 1. The van der Waals surface area contributed by atoms with Crippen LogP contribution in [0.2, 0.25) is 0 Å². The molecule has 0 amide bonds. The van der Waals surface area contributed by atoms with Crippen LogP contribution in [-0.4, -0.2) is 18.2 Å². The fourth-order valence-electron chi connectivity index (χ4n) is 1.20. The average Bonchev–Trinajstić information content (AvgIpc) is 2.24. The van der Waals surface area contributed by atoms with E-state index in [1.54, 1.807) is 0 Å². The number of ether oxygens (including phenoxy) is 1. The summed E-state index contributed by atoms with van der Waals surface area (Å²) in [6, 6.07) is 3.81. The van der Waals surface area contributed by atoms with Gasteiger partial charge in [-0.25, -0.2) is 4.79 Å². The van der Waals surface area contributed by atoms with E-state index in [0.717, 1.165) is 30.5 Å². The van der Waals surface area contributed by atoms with E-state index in [2.05, 4.69) is 4.74 Å². The van der Waals surface area contributed by atoms with Crippen LogP contribution in [0.5, 0.6) is 0 Å². The first-order valence-corrected chi connectivity index (χ1v) is 4.50. The summed E-state index contributed by atoms with van der Waals surface area (Å²) < 4.78 is 41.4. The van der Waals surface area contributed by atoms with Gasteiger partial charge in [0.15, 0.2) is 0 Å². The maximum absolute atomic E-state index is 12.3. The van der Waals surface area contributed by atoms with Crippen LogP contribution in [0, 0.1) is 0 Å². The SMILES string of the molecule is COC=C(C(=O)O)c1ccc(C(F)(F)F)cc1. The van der Waals surface area contributed by atoms with Crippen molar-refractivity contribution in [3.8, 4) is 0 Å². The highest BCUT2D eigenvalue weighted by atomic mass is 19.4. The molecule has 3 nitrogen and oxygen atoms in total. The molecule has 0 aliphatic rings. The lowest BCUT2D eigenvalue weighted by Crippen LogP contribution is -2.05. The number of carboxylic acids is 1. The lowest BCUT2D eigenvalue weighted by Gasteiger charge is -2.07. The zero-order chi connectivity index (χ0) is 13.1. The number of aliphatic carboxylic acids is 1. The zero-order valence-corrected chi connectivity index (χ0v) is 8.78. The van der Waals surface area contributed by atoms with E-state index in [1.165, 1.54) is 7.11 Å². The smallest absolute Gasteiger partial charge is 0.416 e. The highest BCUT2D eigenvalue weighted by Gasteiger charge is 2.30. The Morgan fingerprint density at radius 3 is 2.18 bits per heavy atom. The topological polar surface area (TPSA) is 46.5 Å². The molecule has 92 valence electrons. The summed E-state index contributed by atoms with van der Waals surface area (Å²) in [5.74, 6) is -1.27. The monoisotopic (exact) mass is 246 g/mol. The third-order valence-corrected chi connectivity index (χ3v) is 1.99. The molecule has 0 aliphatic carbocycles. The molecule has 0 saturated carbocycles. The molecule has 0 aromatic heterocycles. The molecule has 17 heavy (non-hydrogen) atoms. The fraction of sp³-hybridized carbons (Fsp3) is 0.182. The summed E-state index contributed by atoms with van der Waals surface area (Å²) in [5.41, 5.74) is -0.892. The van der Waals surface area contributed by atoms with E-state index in [-0.39, 0.29) is 11.1 Å². The van der Waals surface area contributed by atoms with Crippen LogP contribution in [0.1, 0.15) is 11.1 Å². The van der Waals surface area contributed by atoms with Crippen molar-refractivity contribution in [3.63, 3.8) is 0 Å².